The number of carbonyl (C=O) groups excluding carboxylic acids is 2. The van der Waals surface area contributed by atoms with Gasteiger partial charge >= 0.3 is 11.9 Å². The van der Waals surface area contributed by atoms with Crippen LogP contribution >= 0.6 is 0 Å². The average Bonchev–Trinajstić information content (AvgIpc) is 2.24. The molecule has 0 fully saturated rings. The number of carbonyl (C=O) groups is 2. The van der Waals surface area contributed by atoms with Crippen molar-refractivity contribution in [1.82, 2.24) is 0 Å². The lowest BCUT2D eigenvalue weighted by molar-refractivity contribution is -0.195. The zero-order valence-corrected chi connectivity index (χ0v) is 10.4. The van der Waals surface area contributed by atoms with Gasteiger partial charge in [0.2, 0.25) is 0 Å². The SMILES string of the molecule is C=CC(=O)OCC(C)(OC(=O)C=C)C(C)(C)O. The molecule has 0 aromatic heterocycles. The molecule has 5 heteroatoms. The van der Waals surface area contributed by atoms with Gasteiger partial charge in [0.1, 0.15) is 12.2 Å². The van der Waals surface area contributed by atoms with Crippen molar-refractivity contribution in [3.8, 4) is 0 Å². The molecule has 0 bridgehead atoms. The van der Waals surface area contributed by atoms with E-state index in [1.807, 2.05) is 0 Å². The van der Waals surface area contributed by atoms with Gasteiger partial charge in [0, 0.05) is 12.2 Å². The second kappa shape index (κ2) is 5.63. The van der Waals surface area contributed by atoms with Gasteiger partial charge in [-0.25, -0.2) is 9.59 Å². The minimum Gasteiger partial charge on any atom is -0.458 e. The molecule has 96 valence electrons. The molecule has 0 saturated heterocycles. The zero-order chi connectivity index (χ0) is 13.7. The predicted molar refractivity (Wildman–Crippen MR) is 62.1 cm³/mol. The highest BCUT2D eigenvalue weighted by molar-refractivity contribution is 5.82. The van der Waals surface area contributed by atoms with Crippen molar-refractivity contribution < 1.29 is 24.2 Å². The van der Waals surface area contributed by atoms with Crippen molar-refractivity contribution in [2.75, 3.05) is 6.61 Å². The van der Waals surface area contributed by atoms with Crippen molar-refractivity contribution in [3.05, 3.63) is 25.3 Å². The molecule has 0 saturated carbocycles. The third-order valence-electron chi connectivity index (χ3n) is 2.44. The van der Waals surface area contributed by atoms with Crippen LogP contribution < -0.4 is 0 Å². The summed E-state index contributed by atoms with van der Waals surface area (Å²) in [4.78, 5) is 22.1. The van der Waals surface area contributed by atoms with Gasteiger partial charge < -0.3 is 14.6 Å². The van der Waals surface area contributed by atoms with Crippen LogP contribution in [0.2, 0.25) is 0 Å². The lowest BCUT2D eigenvalue weighted by Gasteiger charge is -2.38. The lowest BCUT2D eigenvalue weighted by atomic mass is 9.88. The predicted octanol–water partition coefficient (Wildman–Crippen LogP) is 0.974. The Bertz CT molecular complexity index is 326. The Balaban J connectivity index is 4.85. The molecule has 0 radical (unpaired) electrons. The molecule has 0 heterocycles. The Kier molecular flexibility index (Phi) is 5.10. The second-order valence-electron chi connectivity index (χ2n) is 4.23. The molecular formula is C12H18O5. The third kappa shape index (κ3) is 4.40. The standard InChI is InChI=1S/C12H18O5/c1-6-9(13)16-8-12(5,11(3,4)15)17-10(14)7-2/h6-7,15H,1-2,8H2,3-5H3. The average molecular weight is 242 g/mol. The molecule has 1 atom stereocenters. The van der Waals surface area contributed by atoms with Crippen molar-refractivity contribution in [2.24, 2.45) is 0 Å². The number of esters is 2. The normalized spacial score (nSPS) is 14.4. The van der Waals surface area contributed by atoms with Gasteiger partial charge in [-0.05, 0) is 20.8 Å². The molecule has 0 aliphatic heterocycles. The van der Waals surface area contributed by atoms with Crippen LogP contribution in [0.1, 0.15) is 20.8 Å². The van der Waals surface area contributed by atoms with E-state index in [0.29, 0.717) is 0 Å². The van der Waals surface area contributed by atoms with Gasteiger partial charge in [0.25, 0.3) is 0 Å². The second-order valence-corrected chi connectivity index (χ2v) is 4.23. The maximum atomic E-state index is 11.2. The molecule has 0 aromatic rings. The smallest absolute Gasteiger partial charge is 0.330 e. The van der Waals surface area contributed by atoms with E-state index in [2.05, 4.69) is 13.2 Å². The van der Waals surface area contributed by atoms with Crippen LogP contribution in [0, 0.1) is 0 Å². The summed E-state index contributed by atoms with van der Waals surface area (Å²) in [5.41, 5.74) is -2.75. The van der Waals surface area contributed by atoms with Gasteiger partial charge in [-0.15, -0.1) is 0 Å². The molecular weight excluding hydrogens is 224 g/mol. The first-order valence-corrected chi connectivity index (χ1v) is 5.03. The van der Waals surface area contributed by atoms with E-state index in [0.717, 1.165) is 12.2 Å². The maximum absolute atomic E-state index is 11.2. The highest BCUT2D eigenvalue weighted by Gasteiger charge is 2.44. The van der Waals surface area contributed by atoms with Crippen LogP contribution in [0.15, 0.2) is 25.3 Å². The van der Waals surface area contributed by atoms with Crippen molar-refractivity contribution in [3.63, 3.8) is 0 Å². The number of ether oxygens (including phenoxy) is 2. The van der Waals surface area contributed by atoms with Gasteiger partial charge in [0.05, 0.1) is 0 Å². The Labute approximate surface area is 101 Å². The molecule has 0 aliphatic rings. The summed E-state index contributed by atoms with van der Waals surface area (Å²) in [6.45, 7) is 10.6. The molecule has 0 amide bonds. The van der Waals surface area contributed by atoms with Crippen molar-refractivity contribution >= 4 is 11.9 Å². The number of hydrogen-bond acceptors (Lipinski definition) is 5. The topological polar surface area (TPSA) is 72.8 Å². The first kappa shape index (κ1) is 15.4. The van der Waals surface area contributed by atoms with Crippen LogP contribution in [0.3, 0.4) is 0 Å². The van der Waals surface area contributed by atoms with Gasteiger partial charge in [-0.2, -0.15) is 0 Å². The molecule has 0 rings (SSSR count). The summed E-state index contributed by atoms with van der Waals surface area (Å²) in [7, 11) is 0. The summed E-state index contributed by atoms with van der Waals surface area (Å²) in [5, 5.41) is 9.94. The van der Waals surface area contributed by atoms with E-state index in [9.17, 15) is 14.7 Å². The molecule has 0 aromatic carbocycles. The number of aliphatic hydroxyl groups is 1. The lowest BCUT2D eigenvalue weighted by Crippen LogP contribution is -2.54. The van der Waals surface area contributed by atoms with Gasteiger partial charge in [-0.3, -0.25) is 0 Å². The van der Waals surface area contributed by atoms with E-state index < -0.39 is 23.1 Å². The van der Waals surface area contributed by atoms with E-state index in [1.54, 1.807) is 0 Å². The monoisotopic (exact) mass is 242 g/mol. The van der Waals surface area contributed by atoms with Gasteiger partial charge in [-0.1, -0.05) is 13.2 Å². The van der Waals surface area contributed by atoms with E-state index >= 15 is 0 Å². The number of rotatable bonds is 6. The Morgan fingerprint density at radius 2 is 1.65 bits per heavy atom. The van der Waals surface area contributed by atoms with Crippen LogP contribution in [0.25, 0.3) is 0 Å². The molecule has 0 aliphatic carbocycles. The highest BCUT2D eigenvalue weighted by atomic mass is 16.6. The third-order valence-corrected chi connectivity index (χ3v) is 2.44. The number of hydrogen-bond donors (Lipinski definition) is 1. The fourth-order valence-corrected chi connectivity index (χ4v) is 0.862. The van der Waals surface area contributed by atoms with E-state index in [4.69, 9.17) is 9.47 Å². The van der Waals surface area contributed by atoms with E-state index in [1.165, 1.54) is 20.8 Å². The quantitative estimate of drug-likeness (QED) is 0.555. The van der Waals surface area contributed by atoms with Crippen LogP contribution in [0.5, 0.6) is 0 Å². The summed E-state index contributed by atoms with van der Waals surface area (Å²) in [6.07, 6.45) is 1.96. The zero-order valence-electron chi connectivity index (χ0n) is 10.4. The fraction of sp³-hybridized carbons (Fsp3) is 0.500. The fourth-order valence-electron chi connectivity index (χ4n) is 0.862. The van der Waals surface area contributed by atoms with Crippen LogP contribution in [0.4, 0.5) is 0 Å². The highest BCUT2D eigenvalue weighted by Crippen LogP contribution is 2.26. The molecule has 1 unspecified atom stereocenters. The molecule has 5 nitrogen and oxygen atoms in total. The summed E-state index contributed by atoms with van der Waals surface area (Å²) in [5.74, 6) is -1.36. The first-order valence-electron chi connectivity index (χ1n) is 5.03. The summed E-state index contributed by atoms with van der Waals surface area (Å²) in [6, 6.07) is 0. The molecule has 1 N–H and O–H groups in total. The largest absolute Gasteiger partial charge is 0.458 e. The molecule has 17 heavy (non-hydrogen) atoms. The van der Waals surface area contributed by atoms with Gasteiger partial charge in [0.15, 0.2) is 5.60 Å². The minimum atomic E-state index is -1.38. The Hall–Kier alpha value is -1.62. The summed E-state index contributed by atoms with van der Waals surface area (Å²) < 4.78 is 9.83. The van der Waals surface area contributed by atoms with Crippen LogP contribution in [-0.2, 0) is 19.1 Å². The van der Waals surface area contributed by atoms with E-state index in [-0.39, 0.29) is 6.61 Å². The Morgan fingerprint density at radius 3 is 2.00 bits per heavy atom. The van der Waals surface area contributed by atoms with Crippen molar-refractivity contribution in [1.29, 1.82) is 0 Å². The summed E-state index contributed by atoms with van der Waals surface area (Å²) >= 11 is 0. The first-order chi connectivity index (χ1) is 7.66. The van der Waals surface area contributed by atoms with Crippen molar-refractivity contribution in [2.45, 2.75) is 32.0 Å². The molecule has 0 spiro atoms. The minimum absolute atomic E-state index is 0.277. The van der Waals surface area contributed by atoms with Crippen LogP contribution in [-0.4, -0.2) is 34.9 Å². The maximum Gasteiger partial charge on any atom is 0.330 e. The Morgan fingerprint density at radius 1 is 1.18 bits per heavy atom.